The molecule has 0 bridgehead atoms. The SMILES string of the molecule is O=C(C1CC1)N1CCC(CN2C(=O)CS[C@H]2c2ccc(Cl)c(Cl)c2)CC1. The minimum Gasteiger partial charge on any atom is -0.342 e. The Hall–Kier alpha value is -0.910. The summed E-state index contributed by atoms with van der Waals surface area (Å²) in [5.41, 5.74) is 1.02. The van der Waals surface area contributed by atoms with Crippen LogP contribution < -0.4 is 0 Å². The quantitative estimate of drug-likeness (QED) is 0.742. The average Bonchev–Trinajstić information content (AvgIpc) is 3.43. The lowest BCUT2D eigenvalue weighted by atomic mass is 9.95. The molecular weight excluding hydrogens is 391 g/mol. The number of likely N-dealkylation sites (tertiary alicyclic amines) is 1. The molecule has 2 amide bonds. The van der Waals surface area contributed by atoms with Gasteiger partial charge in [-0.1, -0.05) is 29.3 Å². The molecule has 140 valence electrons. The number of carbonyl (C=O) groups excluding carboxylic acids is 2. The second-order valence-corrected chi connectivity index (χ2v) is 9.31. The fourth-order valence-corrected chi connectivity index (χ4v) is 5.29. The van der Waals surface area contributed by atoms with Gasteiger partial charge in [0.1, 0.15) is 5.37 Å². The van der Waals surface area contributed by atoms with Crippen molar-refractivity contribution in [2.24, 2.45) is 11.8 Å². The van der Waals surface area contributed by atoms with E-state index in [0.29, 0.717) is 33.5 Å². The van der Waals surface area contributed by atoms with Crippen LogP contribution in [0.4, 0.5) is 0 Å². The number of amides is 2. The van der Waals surface area contributed by atoms with Gasteiger partial charge < -0.3 is 9.80 Å². The molecule has 0 aromatic heterocycles. The number of piperidine rings is 1. The lowest BCUT2D eigenvalue weighted by molar-refractivity contribution is -0.135. The molecule has 2 aliphatic heterocycles. The zero-order chi connectivity index (χ0) is 18.3. The van der Waals surface area contributed by atoms with E-state index in [4.69, 9.17) is 23.2 Å². The first kappa shape index (κ1) is 18.5. The summed E-state index contributed by atoms with van der Waals surface area (Å²) in [4.78, 5) is 28.6. The molecule has 0 radical (unpaired) electrons. The summed E-state index contributed by atoms with van der Waals surface area (Å²) in [6, 6.07) is 5.61. The molecule has 4 rings (SSSR count). The first-order chi connectivity index (χ1) is 12.5. The maximum absolute atomic E-state index is 12.4. The van der Waals surface area contributed by atoms with Gasteiger partial charge in [-0.2, -0.15) is 0 Å². The van der Waals surface area contributed by atoms with Crippen molar-refractivity contribution < 1.29 is 9.59 Å². The van der Waals surface area contributed by atoms with Crippen molar-refractivity contribution in [1.82, 2.24) is 9.80 Å². The highest BCUT2D eigenvalue weighted by Crippen LogP contribution is 2.41. The van der Waals surface area contributed by atoms with E-state index in [1.54, 1.807) is 17.8 Å². The molecule has 2 heterocycles. The topological polar surface area (TPSA) is 40.6 Å². The summed E-state index contributed by atoms with van der Waals surface area (Å²) >= 11 is 13.8. The molecule has 7 heteroatoms. The van der Waals surface area contributed by atoms with Crippen molar-refractivity contribution in [2.45, 2.75) is 31.1 Å². The molecule has 1 aromatic rings. The zero-order valence-electron chi connectivity index (χ0n) is 14.5. The van der Waals surface area contributed by atoms with Crippen LogP contribution in [0.5, 0.6) is 0 Å². The number of carbonyl (C=O) groups is 2. The largest absolute Gasteiger partial charge is 0.342 e. The third kappa shape index (κ3) is 3.85. The van der Waals surface area contributed by atoms with Crippen molar-refractivity contribution in [2.75, 3.05) is 25.4 Å². The van der Waals surface area contributed by atoms with E-state index in [0.717, 1.165) is 50.9 Å². The molecule has 3 fully saturated rings. The van der Waals surface area contributed by atoms with Crippen LogP contribution >= 0.6 is 35.0 Å². The van der Waals surface area contributed by atoms with Crippen LogP contribution in [0.15, 0.2) is 18.2 Å². The minimum absolute atomic E-state index is 0.00314. The van der Waals surface area contributed by atoms with Crippen LogP contribution in [0.25, 0.3) is 0 Å². The van der Waals surface area contributed by atoms with E-state index >= 15 is 0 Å². The molecule has 0 unspecified atom stereocenters. The van der Waals surface area contributed by atoms with Crippen LogP contribution in [-0.4, -0.2) is 47.0 Å². The molecule has 2 saturated heterocycles. The normalized spacial score (nSPS) is 24.4. The maximum Gasteiger partial charge on any atom is 0.233 e. The summed E-state index contributed by atoms with van der Waals surface area (Å²) in [5.74, 6) is 1.77. The molecule has 0 N–H and O–H groups in total. The Balaban J connectivity index is 1.39. The number of thioether (sulfide) groups is 1. The van der Waals surface area contributed by atoms with E-state index in [2.05, 4.69) is 0 Å². The molecule has 26 heavy (non-hydrogen) atoms. The number of halogens is 2. The van der Waals surface area contributed by atoms with E-state index in [1.807, 2.05) is 21.9 Å². The Bertz CT molecular complexity index is 717. The van der Waals surface area contributed by atoms with E-state index in [-0.39, 0.29) is 11.3 Å². The first-order valence-corrected chi connectivity index (χ1v) is 11.0. The summed E-state index contributed by atoms with van der Waals surface area (Å²) in [6.07, 6.45) is 4.06. The Morgan fingerprint density at radius 1 is 1.12 bits per heavy atom. The summed E-state index contributed by atoms with van der Waals surface area (Å²) < 4.78 is 0. The van der Waals surface area contributed by atoms with Crippen molar-refractivity contribution in [1.29, 1.82) is 0 Å². The number of nitrogens with zero attached hydrogens (tertiary/aromatic N) is 2. The smallest absolute Gasteiger partial charge is 0.233 e. The fraction of sp³-hybridized carbons (Fsp3) is 0.579. The predicted molar refractivity (Wildman–Crippen MR) is 105 cm³/mol. The third-order valence-corrected chi connectivity index (χ3v) is 7.50. The highest BCUT2D eigenvalue weighted by molar-refractivity contribution is 8.00. The Kier molecular flexibility index (Phi) is 5.40. The van der Waals surface area contributed by atoms with Gasteiger partial charge in [0.05, 0.1) is 15.8 Å². The molecule has 1 aliphatic carbocycles. The third-order valence-electron chi connectivity index (χ3n) is 5.50. The zero-order valence-corrected chi connectivity index (χ0v) is 16.8. The second kappa shape index (κ2) is 7.61. The monoisotopic (exact) mass is 412 g/mol. The average molecular weight is 413 g/mol. The van der Waals surface area contributed by atoms with Crippen LogP contribution in [0.3, 0.4) is 0 Å². The van der Waals surface area contributed by atoms with Crippen molar-refractivity contribution in [3.8, 4) is 0 Å². The van der Waals surface area contributed by atoms with Gasteiger partial charge in [-0.3, -0.25) is 9.59 Å². The number of rotatable bonds is 4. The van der Waals surface area contributed by atoms with Crippen LogP contribution in [-0.2, 0) is 9.59 Å². The highest BCUT2D eigenvalue weighted by Gasteiger charge is 2.37. The van der Waals surface area contributed by atoms with Gasteiger partial charge in [0.25, 0.3) is 0 Å². The van der Waals surface area contributed by atoms with Crippen molar-refractivity contribution >= 4 is 46.8 Å². The standard InChI is InChI=1S/C19H22Cl2N2O2S/c20-15-4-3-14(9-16(15)21)19-23(17(24)11-26-19)10-12-5-7-22(8-6-12)18(25)13-1-2-13/h3-4,9,12-13,19H,1-2,5-8,10-11H2/t19-/m0/s1. The van der Waals surface area contributed by atoms with Gasteiger partial charge >= 0.3 is 0 Å². The number of hydrogen-bond acceptors (Lipinski definition) is 3. The Labute approximate surface area is 168 Å². The van der Waals surface area contributed by atoms with E-state index in [9.17, 15) is 9.59 Å². The summed E-state index contributed by atoms with van der Waals surface area (Å²) in [5, 5.41) is 1.06. The highest BCUT2D eigenvalue weighted by atomic mass is 35.5. The summed E-state index contributed by atoms with van der Waals surface area (Å²) in [6.45, 7) is 2.40. The second-order valence-electron chi connectivity index (χ2n) is 7.43. The molecular formula is C19H22Cl2N2O2S. The molecule has 4 nitrogen and oxygen atoms in total. The molecule has 0 spiro atoms. The molecule has 1 aromatic carbocycles. The van der Waals surface area contributed by atoms with Gasteiger partial charge in [-0.25, -0.2) is 0 Å². The number of benzene rings is 1. The first-order valence-electron chi connectivity index (χ1n) is 9.17. The lowest BCUT2D eigenvalue weighted by Crippen LogP contribution is -2.42. The molecule has 1 atom stereocenters. The van der Waals surface area contributed by atoms with Gasteiger partial charge in [0.15, 0.2) is 0 Å². The van der Waals surface area contributed by atoms with Gasteiger partial charge in [0.2, 0.25) is 11.8 Å². The van der Waals surface area contributed by atoms with Crippen LogP contribution in [0, 0.1) is 11.8 Å². The van der Waals surface area contributed by atoms with E-state index in [1.165, 1.54) is 0 Å². The van der Waals surface area contributed by atoms with E-state index < -0.39 is 0 Å². The Morgan fingerprint density at radius 3 is 2.50 bits per heavy atom. The van der Waals surface area contributed by atoms with Crippen molar-refractivity contribution in [3.63, 3.8) is 0 Å². The van der Waals surface area contributed by atoms with Gasteiger partial charge in [0, 0.05) is 25.6 Å². The van der Waals surface area contributed by atoms with Crippen LogP contribution in [0.1, 0.15) is 36.6 Å². The summed E-state index contributed by atoms with van der Waals surface area (Å²) in [7, 11) is 0. The van der Waals surface area contributed by atoms with Crippen molar-refractivity contribution in [3.05, 3.63) is 33.8 Å². The molecule has 3 aliphatic rings. The fourth-order valence-electron chi connectivity index (χ4n) is 3.80. The van der Waals surface area contributed by atoms with Gasteiger partial charge in [-0.15, -0.1) is 11.8 Å². The number of hydrogen-bond donors (Lipinski definition) is 0. The molecule has 1 saturated carbocycles. The Morgan fingerprint density at radius 2 is 1.85 bits per heavy atom. The maximum atomic E-state index is 12.4. The predicted octanol–water partition coefficient (Wildman–Crippen LogP) is 4.22. The van der Waals surface area contributed by atoms with Gasteiger partial charge in [-0.05, 0) is 49.3 Å². The minimum atomic E-state index is 0.00314. The lowest BCUT2D eigenvalue weighted by Gasteiger charge is -2.35. The van der Waals surface area contributed by atoms with Crippen LogP contribution in [0.2, 0.25) is 10.0 Å².